The fourth-order valence-corrected chi connectivity index (χ4v) is 4.09. The normalized spacial score (nSPS) is 10.9. The molecule has 0 atom stereocenters. The minimum atomic E-state index is -0.411. The number of carbonyl (C=O) groups excluding carboxylic acids is 1. The van der Waals surface area contributed by atoms with Crippen LogP contribution in [0.3, 0.4) is 0 Å². The zero-order valence-electron chi connectivity index (χ0n) is 16.7. The van der Waals surface area contributed by atoms with Crippen molar-refractivity contribution in [2.45, 2.75) is 12.1 Å². The Balaban J connectivity index is 1.61. The molecular weight excluding hydrogens is 472 g/mol. The van der Waals surface area contributed by atoms with E-state index in [0.717, 1.165) is 23.0 Å². The molecule has 32 heavy (non-hydrogen) atoms. The average molecular weight is 488 g/mol. The standard InChI is InChI=1S/C22H16Cl2FN5OS/c1-13-6-8-15(9-7-13)30-21(16-4-2-3-5-18(16)25)28-29-22(30)32-12-19(31)27-20-17(24)10-14(23)11-26-20/h2-11H,12H2,1H3,(H,26,27,31). The number of thioether (sulfide) groups is 1. The van der Waals surface area contributed by atoms with Gasteiger partial charge in [0.25, 0.3) is 0 Å². The molecule has 0 saturated carbocycles. The number of aromatic nitrogens is 4. The molecule has 0 radical (unpaired) electrons. The highest BCUT2D eigenvalue weighted by Crippen LogP contribution is 2.30. The van der Waals surface area contributed by atoms with Crippen LogP contribution in [0, 0.1) is 12.7 Å². The summed E-state index contributed by atoms with van der Waals surface area (Å²) in [6, 6.07) is 15.5. The number of rotatable bonds is 6. The number of halogens is 3. The summed E-state index contributed by atoms with van der Waals surface area (Å²) >= 11 is 13.1. The summed E-state index contributed by atoms with van der Waals surface area (Å²) in [4.78, 5) is 16.5. The molecule has 2 aromatic heterocycles. The van der Waals surface area contributed by atoms with Crippen LogP contribution in [0.2, 0.25) is 10.0 Å². The Morgan fingerprint density at radius 2 is 1.88 bits per heavy atom. The van der Waals surface area contributed by atoms with Gasteiger partial charge in [-0.1, -0.05) is 64.8 Å². The van der Waals surface area contributed by atoms with Crippen molar-refractivity contribution >= 4 is 46.7 Å². The predicted molar refractivity (Wildman–Crippen MR) is 125 cm³/mol. The molecule has 6 nitrogen and oxygen atoms in total. The van der Waals surface area contributed by atoms with Gasteiger partial charge in [-0.05, 0) is 37.3 Å². The third-order valence-corrected chi connectivity index (χ3v) is 5.86. The van der Waals surface area contributed by atoms with E-state index in [2.05, 4.69) is 20.5 Å². The number of pyridine rings is 1. The molecule has 0 spiro atoms. The van der Waals surface area contributed by atoms with Crippen molar-refractivity contribution < 1.29 is 9.18 Å². The molecule has 2 aromatic carbocycles. The van der Waals surface area contributed by atoms with Crippen LogP contribution in [0.15, 0.2) is 66.0 Å². The largest absolute Gasteiger partial charge is 0.309 e. The van der Waals surface area contributed by atoms with Gasteiger partial charge in [0.2, 0.25) is 5.91 Å². The summed E-state index contributed by atoms with van der Waals surface area (Å²) in [5.74, 6) is -0.170. The summed E-state index contributed by atoms with van der Waals surface area (Å²) in [5, 5.41) is 12.1. The topological polar surface area (TPSA) is 72.7 Å². The number of hydrogen-bond acceptors (Lipinski definition) is 5. The molecule has 10 heteroatoms. The van der Waals surface area contributed by atoms with E-state index in [0.29, 0.717) is 21.6 Å². The summed E-state index contributed by atoms with van der Waals surface area (Å²) in [5.41, 5.74) is 2.15. The lowest BCUT2D eigenvalue weighted by atomic mass is 10.2. The fourth-order valence-electron chi connectivity index (χ4n) is 2.91. The van der Waals surface area contributed by atoms with Gasteiger partial charge in [0, 0.05) is 11.9 Å². The van der Waals surface area contributed by atoms with Gasteiger partial charge in [0.15, 0.2) is 16.8 Å². The Hall–Kier alpha value is -2.94. The van der Waals surface area contributed by atoms with E-state index in [1.54, 1.807) is 22.8 Å². The molecule has 2 heterocycles. The Morgan fingerprint density at radius 1 is 1.12 bits per heavy atom. The molecular formula is C22H16Cl2FN5OS. The van der Waals surface area contributed by atoms with Crippen molar-refractivity contribution in [3.63, 3.8) is 0 Å². The van der Waals surface area contributed by atoms with Crippen molar-refractivity contribution in [3.05, 3.63) is 82.2 Å². The zero-order valence-corrected chi connectivity index (χ0v) is 19.0. The van der Waals surface area contributed by atoms with Gasteiger partial charge in [-0.15, -0.1) is 10.2 Å². The maximum Gasteiger partial charge on any atom is 0.236 e. The van der Waals surface area contributed by atoms with E-state index < -0.39 is 5.82 Å². The molecule has 0 aliphatic rings. The van der Waals surface area contributed by atoms with Crippen molar-refractivity contribution in [1.29, 1.82) is 0 Å². The number of carbonyl (C=O) groups is 1. The first-order chi connectivity index (χ1) is 15.4. The lowest BCUT2D eigenvalue weighted by molar-refractivity contribution is -0.113. The Bertz CT molecular complexity index is 1280. The Kier molecular flexibility index (Phi) is 6.74. The number of nitrogens with zero attached hydrogens (tertiary/aromatic N) is 4. The van der Waals surface area contributed by atoms with E-state index in [-0.39, 0.29) is 22.5 Å². The zero-order chi connectivity index (χ0) is 22.7. The average Bonchev–Trinajstić information content (AvgIpc) is 3.19. The van der Waals surface area contributed by atoms with Gasteiger partial charge in [-0.25, -0.2) is 9.37 Å². The highest BCUT2D eigenvalue weighted by atomic mass is 35.5. The second-order valence-electron chi connectivity index (χ2n) is 6.78. The highest BCUT2D eigenvalue weighted by Gasteiger charge is 2.19. The highest BCUT2D eigenvalue weighted by molar-refractivity contribution is 7.99. The van der Waals surface area contributed by atoms with Crippen molar-refractivity contribution in [2.75, 3.05) is 11.1 Å². The van der Waals surface area contributed by atoms with E-state index in [1.165, 1.54) is 18.3 Å². The molecule has 4 aromatic rings. The van der Waals surface area contributed by atoms with Gasteiger partial charge in [-0.3, -0.25) is 9.36 Å². The fraction of sp³-hybridized carbons (Fsp3) is 0.0909. The van der Waals surface area contributed by atoms with Gasteiger partial charge >= 0.3 is 0 Å². The number of anilines is 1. The van der Waals surface area contributed by atoms with Crippen LogP contribution in [0.1, 0.15) is 5.56 Å². The third-order valence-electron chi connectivity index (χ3n) is 4.44. The predicted octanol–water partition coefficient (Wildman–Crippen LogP) is 5.81. The number of aryl methyl sites for hydroxylation is 1. The van der Waals surface area contributed by atoms with Crippen LogP contribution in [0.4, 0.5) is 10.2 Å². The summed E-state index contributed by atoms with van der Waals surface area (Å²) in [6.45, 7) is 1.98. The quantitative estimate of drug-likeness (QED) is 0.347. The first kappa shape index (κ1) is 22.3. The summed E-state index contributed by atoms with van der Waals surface area (Å²) in [7, 11) is 0. The minimum absolute atomic E-state index is 0.0158. The van der Waals surface area contributed by atoms with Crippen molar-refractivity contribution in [1.82, 2.24) is 19.7 Å². The minimum Gasteiger partial charge on any atom is -0.309 e. The first-order valence-corrected chi connectivity index (χ1v) is 11.2. The summed E-state index contributed by atoms with van der Waals surface area (Å²) in [6.07, 6.45) is 1.39. The molecule has 0 fully saturated rings. The van der Waals surface area contributed by atoms with E-state index in [4.69, 9.17) is 23.2 Å². The van der Waals surface area contributed by atoms with Crippen LogP contribution in [-0.2, 0) is 4.79 Å². The van der Waals surface area contributed by atoms with Gasteiger partial charge < -0.3 is 5.32 Å². The van der Waals surface area contributed by atoms with E-state index in [9.17, 15) is 9.18 Å². The molecule has 4 rings (SSSR count). The Labute approximate surface area is 197 Å². The van der Waals surface area contributed by atoms with Crippen LogP contribution in [0.25, 0.3) is 17.1 Å². The number of nitrogens with one attached hydrogen (secondary N) is 1. The van der Waals surface area contributed by atoms with Gasteiger partial charge in [0.1, 0.15) is 5.82 Å². The monoisotopic (exact) mass is 487 g/mol. The molecule has 0 unspecified atom stereocenters. The van der Waals surface area contributed by atoms with Crippen LogP contribution < -0.4 is 5.32 Å². The van der Waals surface area contributed by atoms with Crippen LogP contribution in [0.5, 0.6) is 0 Å². The third kappa shape index (κ3) is 4.93. The maximum absolute atomic E-state index is 14.5. The molecule has 0 bridgehead atoms. The number of hydrogen-bond donors (Lipinski definition) is 1. The Morgan fingerprint density at radius 3 is 2.59 bits per heavy atom. The van der Waals surface area contributed by atoms with Crippen LogP contribution >= 0.6 is 35.0 Å². The molecule has 0 aliphatic carbocycles. The summed E-state index contributed by atoms with van der Waals surface area (Å²) < 4.78 is 16.2. The van der Waals surface area contributed by atoms with Gasteiger partial charge in [-0.2, -0.15) is 0 Å². The van der Waals surface area contributed by atoms with Crippen molar-refractivity contribution in [2.24, 2.45) is 0 Å². The second-order valence-corrected chi connectivity index (χ2v) is 8.56. The molecule has 1 N–H and O–H groups in total. The van der Waals surface area contributed by atoms with E-state index >= 15 is 0 Å². The van der Waals surface area contributed by atoms with E-state index in [1.807, 2.05) is 31.2 Å². The molecule has 0 aliphatic heterocycles. The second kappa shape index (κ2) is 9.68. The first-order valence-electron chi connectivity index (χ1n) is 9.43. The molecule has 1 amide bonds. The molecule has 162 valence electrons. The SMILES string of the molecule is Cc1ccc(-n2c(SCC(=O)Nc3ncc(Cl)cc3Cl)nnc2-c2ccccc2F)cc1. The van der Waals surface area contributed by atoms with Gasteiger partial charge in [0.05, 0.1) is 21.4 Å². The molecule has 0 saturated heterocycles. The van der Waals surface area contributed by atoms with Crippen LogP contribution in [-0.4, -0.2) is 31.4 Å². The number of amides is 1. The smallest absolute Gasteiger partial charge is 0.236 e. The number of benzene rings is 2. The lowest BCUT2D eigenvalue weighted by Gasteiger charge is -2.11. The maximum atomic E-state index is 14.5. The lowest BCUT2D eigenvalue weighted by Crippen LogP contribution is -2.16. The van der Waals surface area contributed by atoms with Crippen molar-refractivity contribution in [3.8, 4) is 17.1 Å².